The van der Waals surface area contributed by atoms with E-state index >= 15 is 0 Å². The minimum Gasteiger partial charge on any atom is -0.495 e. The summed E-state index contributed by atoms with van der Waals surface area (Å²) in [5.74, 6) is -3.45. The van der Waals surface area contributed by atoms with Crippen molar-refractivity contribution < 1.29 is 26.7 Å². The summed E-state index contributed by atoms with van der Waals surface area (Å²) in [6, 6.07) is 3.97. The molecule has 0 atom stereocenters. The van der Waals surface area contributed by atoms with Crippen LogP contribution < -0.4 is 4.74 Å². The van der Waals surface area contributed by atoms with Crippen molar-refractivity contribution in [3.8, 4) is 5.75 Å². The average molecular weight is 290 g/mol. The quantitative estimate of drug-likeness (QED) is 0.852. The van der Waals surface area contributed by atoms with Crippen molar-refractivity contribution >= 4 is 15.6 Å². The van der Waals surface area contributed by atoms with Crippen molar-refractivity contribution in [2.75, 3.05) is 7.11 Å². The van der Waals surface area contributed by atoms with Crippen LogP contribution in [-0.4, -0.2) is 27.1 Å². The number of carbonyl (C=O) groups is 1. The molecule has 0 unspecified atom stereocenters. The van der Waals surface area contributed by atoms with Crippen LogP contribution in [0.1, 0.15) is 24.3 Å². The molecule has 1 aliphatic rings. The van der Waals surface area contributed by atoms with E-state index in [2.05, 4.69) is 0 Å². The predicted molar refractivity (Wildman–Crippen MR) is 63.2 cm³/mol. The van der Waals surface area contributed by atoms with Crippen LogP contribution in [0.5, 0.6) is 5.75 Å². The highest BCUT2D eigenvalue weighted by Crippen LogP contribution is 2.37. The lowest BCUT2D eigenvalue weighted by atomic mass is 9.79. The Balaban J connectivity index is 2.40. The van der Waals surface area contributed by atoms with Gasteiger partial charge in [0.1, 0.15) is 16.4 Å². The smallest absolute Gasteiger partial charge is 0.341 e. The summed E-state index contributed by atoms with van der Waals surface area (Å²) in [5.41, 5.74) is 0.727. The van der Waals surface area contributed by atoms with Gasteiger partial charge in [0.05, 0.1) is 7.11 Å². The molecule has 0 heterocycles. The number of ether oxygens (including phenoxy) is 1. The Kier molecular flexibility index (Phi) is 3.58. The van der Waals surface area contributed by atoms with Crippen LogP contribution in [-0.2, 0) is 14.6 Å². The number of ketones is 1. The predicted octanol–water partition coefficient (Wildman–Crippen LogP) is 2.14. The summed E-state index contributed by atoms with van der Waals surface area (Å²) in [4.78, 5) is 10.4. The molecule has 19 heavy (non-hydrogen) atoms. The van der Waals surface area contributed by atoms with Gasteiger partial charge >= 0.3 is 5.76 Å². The lowest BCUT2D eigenvalue weighted by molar-refractivity contribution is -0.124. The van der Waals surface area contributed by atoms with Crippen molar-refractivity contribution in [1.29, 1.82) is 0 Å². The Hall–Kier alpha value is -1.50. The second kappa shape index (κ2) is 4.88. The summed E-state index contributed by atoms with van der Waals surface area (Å²) in [6.45, 7) is 0. The fourth-order valence-corrected chi connectivity index (χ4v) is 2.87. The largest absolute Gasteiger partial charge is 0.495 e. The number of halogens is 2. The molecule has 0 radical (unpaired) electrons. The highest BCUT2D eigenvalue weighted by Gasteiger charge is 2.32. The number of carbonyl (C=O) groups excluding carboxylic acids is 1. The molecule has 1 aromatic carbocycles. The van der Waals surface area contributed by atoms with Crippen LogP contribution in [0.3, 0.4) is 0 Å². The molecule has 0 aliphatic heterocycles. The van der Waals surface area contributed by atoms with Gasteiger partial charge in [-0.3, -0.25) is 4.79 Å². The van der Waals surface area contributed by atoms with Gasteiger partial charge in [-0.05, 0) is 23.6 Å². The molecular weight excluding hydrogens is 278 g/mol. The molecule has 4 nitrogen and oxygen atoms in total. The van der Waals surface area contributed by atoms with E-state index in [0.29, 0.717) is 12.8 Å². The lowest BCUT2D eigenvalue weighted by Crippen LogP contribution is -2.21. The van der Waals surface area contributed by atoms with Crippen LogP contribution in [0.4, 0.5) is 8.78 Å². The van der Waals surface area contributed by atoms with Gasteiger partial charge in [-0.2, -0.15) is 8.78 Å². The molecule has 104 valence electrons. The van der Waals surface area contributed by atoms with Crippen LogP contribution in [0.15, 0.2) is 23.1 Å². The molecule has 0 saturated heterocycles. The van der Waals surface area contributed by atoms with Gasteiger partial charge < -0.3 is 4.74 Å². The zero-order valence-electron chi connectivity index (χ0n) is 10.1. The second-order valence-electron chi connectivity index (χ2n) is 4.36. The third-order valence-corrected chi connectivity index (χ3v) is 4.57. The SMILES string of the molecule is COc1cc(C2CC(=O)C2)ccc1S(=O)(=O)C(F)F. The van der Waals surface area contributed by atoms with Gasteiger partial charge in [-0.1, -0.05) is 6.07 Å². The van der Waals surface area contributed by atoms with Crippen molar-refractivity contribution in [3.63, 3.8) is 0 Å². The second-order valence-corrected chi connectivity index (χ2v) is 6.25. The monoisotopic (exact) mass is 290 g/mol. The highest BCUT2D eigenvalue weighted by molar-refractivity contribution is 7.91. The third-order valence-electron chi connectivity index (χ3n) is 3.15. The Bertz CT molecular complexity index is 602. The minimum atomic E-state index is -4.69. The zero-order valence-corrected chi connectivity index (χ0v) is 10.9. The minimum absolute atomic E-state index is 0.0182. The van der Waals surface area contributed by atoms with Crippen LogP contribution in [0.25, 0.3) is 0 Å². The van der Waals surface area contributed by atoms with Gasteiger partial charge in [0.15, 0.2) is 0 Å². The number of sulfone groups is 1. The van der Waals surface area contributed by atoms with E-state index in [-0.39, 0.29) is 17.5 Å². The van der Waals surface area contributed by atoms with E-state index in [1.165, 1.54) is 19.2 Å². The molecule has 0 amide bonds. The average Bonchev–Trinajstić information content (AvgIpc) is 2.34. The number of alkyl halides is 2. The molecule has 0 N–H and O–H groups in total. The molecule has 0 bridgehead atoms. The van der Waals surface area contributed by atoms with E-state index in [4.69, 9.17) is 4.74 Å². The Morgan fingerprint density at radius 1 is 1.32 bits per heavy atom. The molecule has 1 fully saturated rings. The zero-order chi connectivity index (χ0) is 14.2. The van der Waals surface area contributed by atoms with Crippen LogP contribution in [0.2, 0.25) is 0 Å². The Morgan fingerprint density at radius 3 is 2.42 bits per heavy atom. The first-order valence-electron chi connectivity index (χ1n) is 5.58. The normalized spacial score (nSPS) is 16.5. The first-order valence-corrected chi connectivity index (χ1v) is 7.12. The molecule has 0 spiro atoms. The van der Waals surface area contributed by atoms with Crippen LogP contribution in [0, 0.1) is 0 Å². The van der Waals surface area contributed by atoms with Gasteiger partial charge in [-0.15, -0.1) is 0 Å². The molecule has 1 saturated carbocycles. The van der Waals surface area contributed by atoms with Crippen molar-refractivity contribution in [1.82, 2.24) is 0 Å². The van der Waals surface area contributed by atoms with Crippen molar-refractivity contribution in [2.45, 2.75) is 29.4 Å². The number of hydrogen-bond donors (Lipinski definition) is 0. The third kappa shape index (κ3) is 2.47. The van der Waals surface area contributed by atoms with Gasteiger partial charge in [0, 0.05) is 12.8 Å². The number of methoxy groups -OCH3 is 1. The first-order chi connectivity index (χ1) is 8.86. The van der Waals surface area contributed by atoms with Crippen molar-refractivity contribution in [3.05, 3.63) is 23.8 Å². The first kappa shape index (κ1) is 13.9. The van der Waals surface area contributed by atoms with Gasteiger partial charge in [0.2, 0.25) is 9.84 Å². The van der Waals surface area contributed by atoms with Crippen LogP contribution >= 0.6 is 0 Å². The summed E-state index contributed by atoms with van der Waals surface area (Å²) in [6.07, 6.45) is 0.786. The molecule has 2 rings (SSSR count). The summed E-state index contributed by atoms with van der Waals surface area (Å²) in [5, 5.41) is 0. The maximum atomic E-state index is 12.5. The Morgan fingerprint density at radius 2 is 1.95 bits per heavy atom. The maximum absolute atomic E-state index is 12.5. The maximum Gasteiger partial charge on any atom is 0.341 e. The number of hydrogen-bond acceptors (Lipinski definition) is 4. The summed E-state index contributed by atoms with van der Waals surface area (Å²) < 4.78 is 52.8. The molecule has 0 aromatic heterocycles. The van der Waals surface area contributed by atoms with Gasteiger partial charge in [-0.25, -0.2) is 8.42 Å². The molecular formula is C12H12F2O4S. The summed E-state index contributed by atoms with van der Waals surface area (Å²) in [7, 11) is -3.47. The van der Waals surface area contributed by atoms with E-state index in [1.54, 1.807) is 0 Å². The number of benzene rings is 1. The van der Waals surface area contributed by atoms with E-state index in [1.807, 2.05) is 0 Å². The highest BCUT2D eigenvalue weighted by atomic mass is 32.2. The number of Topliss-reactive ketones (excluding diaryl/α,β-unsaturated/α-hetero) is 1. The molecule has 1 aromatic rings. The van der Waals surface area contributed by atoms with E-state index in [9.17, 15) is 22.0 Å². The van der Waals surface area contributed by atoms with E-state index < -0.39 is 20.5 Å². The molecule has 7 heteroatoms. The number of rotatable bonds is 4. The fraction of sp³-hybridized carbons (Fsp3) is 0.417. The fourth-order valence-electron chi connectivity index (χ4n) is 1.99. The standard InChI is InChI=1S/C12H12F2O4S/c1-18-10-6-7(8-4-9(15)5-8)2-3-11(10)19(16,17)12(13)14/h2-3,6,8,12H,4-5H2,1H3. The van der Waals surface area contributed by atoms with E-state index in [0.717, 1.165) is 11.6 Å². The topological polar surface area (TPSA) is 60.4 Å². The van der Waals surface area contributed by atoms with Crippen molar-refractivity contribution in [2.24, 2.45) is 0 Å². The molecule has 1 aliphatic carbocycles. The summed E-state index contributed by atoms with van der Waals surface area (Å²) >= 11 is 0. The lowest BCUT2D eigenvalue weighted by Gasteiger charge is -2.25. The van der Waals surface area contributed by atoms with Gasteiger partial charge in [0.25, 0.3) is 0 Å². The Labute approximate surface area is 109 Å².